The highest BCUT2D eigenvalue weighted by Gasteiger charge is 2.32. The monoisotopic (exact) mass is 399 g/mol. The Morgan fingerprint density at radius 3 is 2.86 bits per heavy atom. The number of rotatable bonds is 5. The van der Waals surface area contributed by atoms with E-state index in [2.05, 4.69) is 4.90 Å². The van der Waals surface area contributed by atoms with Gasteiger partial charge in [-0.2, -0.15) is 0 Å². The number of carbonyl (C=O) groups is 1. The number of ether oxygens (including phenoxy) is 3. The fourth-order valence-corrected chi connectivity index (χ4v) is 4.07. The molecule has 0 amide bonds. The maximum absolute atomic E-state index is 14.3. The Morgan fingerprint density at radius 2 is 2.07 bits per heavy atom. The molecule has 0 spiro atoms. The number of nitrogens with zero attached hydrogens (tertiary/aromatic N) is 1. The van der Waals surface area contributed by atoms with Crippen LogP contribution in [0.5, 0.6) is 5.75 Å². The van der Waals surface area contributed by atoms with Crippen LogP contribution in [0.2, 0.25) is 0 Å². The molecule has 1 fully saturated rings. The number of carbonyl (C=O) groups excluding carboxylic acids is 1. The fraction of sp³-hybridized carbons (Fsp3) is 0.435. The van der Waals surface area contributed by atoms with Crippen molar-refractivity contribution in [3.8, 4) is 5.75 Å². The van der Waals surface area contributed by atoms with Crippen LogP contribution in [0.4, 0.5) is 4.39 Å². The number of hydrogen-bond acceptors (Lipinski definition) is 5. The van der Waals surface area contributed by atoms with Crippen LogP contribution in [-0.4, -0.2) is 30.1 Å². The molecule has 0 unspecified atom stereocenters. The minimum Gasteiger partial charge on any atom is -0.465 e. The zero-order valence-electron chi connectivity index (χ0n) is 16.6. The third-order valence-corrected chi connectivity index (χ3v) is 5.44. The van der Waals surface area contributed by atoms with E-state index in [0.29, 0.717) is 24.5 Å². The van der Waals surface area contributed by atoms with E-state index in [1.54, 1.807) is 0 Å². The van der Waals surface area contributed by atoms with Gasteiger partial charge >= 0.3 is 5.97 Å². The third kappa shape index (κ3) is 4.43. The average molecular weight is 399 g/mol. The van der Waals surface area contributed by atoms with Crippen molar-refractivity contribution in [1.82, 2.24) is 4.90 Å². The third-order valence-electron chi connectivity index (χ3n) is 5.44. The van der Waals surface area contributed by atoms with E-state index in [4.69, 9.17) is 14.2 Å². The number of esters is 1. The molecule has 4 rings (SSSR count). The lowest BCUT2D eigenvalue weighted by Crippen LogP contribution is -2.45. The zero-order chi connectivity index (χ0) is 20.2. The lowest BCUT2D eigenvalue weighted by Gasteiger charge is -2.35. The molecule has 1 saturated heterocycles. The second-order valence-electron chi connectivity index (χ2n) is 7.46. The van der Waals surface area contributed by atoms with Crippen LogP contribution in [-0.2, 0) is 27.4 Å². The first-order valence-electron chi connectivity index (χ1n) is 10.2. The van der Waals surface area contributed by atoms with Gasteiger partial charge in [-0.3, -0.25) is 9.69 Å². The highest BCUT2D eigenvalue weighted by Crippen LogP contribution is 2.37. The van der Waals surface area contributed by atoms with E-state index in [-0.39, 0.29) is 24.4 Å². The van der Waals surface area contributed by atoms with Crippen molar-refractivity contribution in [2.75, 3.05) is 13.2 Å². The van der Waals surface area contributed by atoms with Crippen LogP contribution < -0.4 is 4.74 Å². The van der Waals surface area contributed by atoms with Crippen molar-refractivity contribution < 1.29 is 23.4 Å². The largest absolute Gasteiger partial charge is 0.465 e. The molecule has 0 N–H and O–H groups in total. The molecule has 2 aromatic carbocycles. The molecule has 2 heterocycles. The van der Waals surface area contributed by atoms with E-state index in [1.807, 2.05) is 37.3 Å². The Balaban J connectivity index is 1.59. The molecule has 0 radical (unpaired) electrons. The molecule has 29 heavy (non-hydrogen) atoms. The minimum atomic E-state index is -0.532. The highest BCUT2D eigenvalue weighted by molar-refractivity contribution is 5.75. The topological polar surface area (TPSA) is 48.0 Å². The van der Waals surface area contributed by atoms with Crippen molar-refractivity contribution in [1.29, 1.82) is 0 Å². The van der Waals surface area contributed by atoms with Crippen LogP contribution >= 0.6 is 0 Å². The summed E-state index contributed by atoms with van der Waals surface area (Å²) in [6.07, 6.45) is 2.22. The molecule has 2 aliphatic rings. The van der Waals surface area contributed by atoms with Gasteiger partial charge in [-0.05, 0) is 38.4 Å². The summed E-state index contributed by atoms with van der Waals surface area (Å²) in [4.78, 5) is 14.5. The SMILES string of the molecule is CCOC(=O)[C@@H]1CCCCN1Cc1cc(F)cc2c1O[C@H](c1ccccc1)OC2. The molecular weight excluding hydrogens is 373 g/mol. The Labute approximate surface area is 170 Å². The van der Waals surface area contributed by atoms with E-state index in [1.165, 1.54) is 12.1 Å². The molecule has 0 saturated carbocycles. The lowest BCUT2D eigenvalue weighted by atomic mass is 10.00. The summed E-state index contributed by atoms with van der Waals surface area (Å²) in [6.45, 7) is 3.66. The summed E-state index contributed by atoms with van der Waals surface area (Å²) in [6, 6.07) is 12.4. The summed E-state index contributed by atoms with van der Waals surface area (Å²) in [5.41, 5.74) is 2.34. The molecule has 0 bridgehead atoms. The summed E-state index contributed by atoms with van der Waals surface area (Å²) in [7, 11) is 0. The van der Waals surface area contributed by atoms with Gasteiger partial charge in [0.25, 0.3) is 0 Å². The number of likely N-dealkylation sites (tertiary alicyclic amines) is 1. The summed E-state index contributed by atoms with van der Waals surface area (Å²) in [5.74, 6) is 0.123. The molecule has 0 aliphatic carbocycles. The van der Waals surface area contributed by atoms with Crippen LogP contribution in [0, 0.1) is 5.82 Å². The van der Waals surface area contributed by atoms with Crippen LogP contribution in [0.1, 0.15) is 49.2 Å². The standard InChI is InChI=1S/C23H26FNO4/c1-2-27-22(26)20-10-6-7-11-25(20)14-17-12-19(24)13-18-15-28-23(29-21(17)18)16-8-4-3-5-9-16/h3-5,8-9,12-13,20,23H,2,6-7,10-11,14-15H2,1H3/t20-,23+/m0/s1. The maximum Gasteiger partial charge on any atom is 0.323 e. The van der Waals surface area contributed by atoms with Gasteiger partial charge in [0.15, 0.2) is 0 Å². The quantitative estimate of drug-likeness (QED) is 0.700. The normalized spacial score (nSPS) is 21.9. The van der Waals surface area contributed by atoms with Crippen LogP contribution in [0.3, 0.4) is 0 Å². The van der Waals surface area contributed by atoms with E-state index in [9.17, 15) is 9.18 Å². The van der Waals surface area contributed by atoms with Gasteiger partial charge in [0.2, 0.25) is 6.29 Å². The second-order valence-corrected chi connectivity index (χ2v) is 7.46. The fourth-order valence-electron chi connectivity index (χ4n) is 4.07. The van der Waals surface area contributed by atoms with E-state index < -0.39 is 6.29 Å². The molecule has 0 aromatic heterocycles. The van der Waals surface area contributed by atoms with Gasteiger partial charge < -0.3 is 14.2 Å². The van der Waals surface area contributed by atoms with E-state index >= 15 is 0 Å². The Hall–Kier alpha value is -2.44. The highest BCUT2D eigenvalue weighted by atomic mass is 19.1. The number of halogens is 1. The van der Waals surface area contributed by atoms with Gasteiger partial charge in [0.1, 0.15) is 17.6 Å². The number of hydrogen-bond donors (Lipinski definition) is 0. The molecular formula is C23H26FNO4. The molecule has 2 aliphatic heterocycles. The van der Waals surface area contributed by atoms with E-state index in [0.717, 1.165) is 36.9 Å². The number of benzene rings is 2. The number of fused-ring (bicyclic) bond motifs is 1. The molecule has 154 valence electrons. The second kappa shape index (κ2) is 8.93. The summed E-state index contributed by atoms with van der Waals surface area (Å²) in [5, 5.41) is 0. The molecule has 2 atom stereocenters. The molecule has 5 nitrogen and oxygen atoms in total. The predicted octanol–water partition coefficient (Wildman–Crippen LogP) is 4.35. The lowest BCUT2D eigenvalue weighted by molar-refractivity contribution is -0.151. The van der Waals surface area contributed by atoms with Crippen molar-refractivity contribution in [2.45, 2.75) is 51.7 Å². The van der Waals surface area contributed by atoms with Gasteiger partial charge in [0.05, 0.1) is 13.2 Å². The van der Waals surface area contributed by atoms with Gasteiger partial charge in [-0.1, -0.05) is 36.8 Å². The first-order valence-corrected chi connectivity index (χ1v) is 10.2. The first-order chi connectivity index (χ1) is 14.2. The van der Waals surface area contributed by atoms with Gasteiger partial charge in [-0.15, -0.1) is 0 Å². The summed E-state index contributed by atoms with van der Waals surface area (Å²) < 4.78 is 31.5. The van der Waals surface area contributed by atoms with Gasteiger partial charge in [-0.25, -0.2) is 4.39 Å². The maximum atomic E-state index is 14.3. The molecule has 2 aromatic rings. The zero-order valence-corrected chi connectivity index (χ0v) is 16.6. The van der Waals surface area contributed by atoms with Crippen molar-refractivity contribution in [2.24, 2.45) is 0 Å². The smallest absolute Gasteiger partial charge is 0.323 e. The number of piperidine rings is 1. The Kier molecular flexibility index (Phi) is 6.11. The van der Waals surface area contributed by atoms with Crippen LogP contribution in [0.15, 0.2) is 42.5 Å². The van der Waals surface area contributed by atoms with Crippen molar-refractivity contribution in [3.05, 3.63) is 65.0 Å². The molecule has 6 heteroatoms. The Morgan fingerprint density at radius 1 is 1.24 bits per heavy atom. The van der Waals surface area contributed by atoms with Crippen molar-refractivity contribution >= 4 is 5.97 Å². The van der Waals surface area contributed by atoms with Crippen LogP contribution in [0.25, 0.3) is 0 Å². The van der Waals surface area contributed by atoms with Crippen molar-refractivity contribution in [3.63, 3.8) is 0 Å². The summed E-state index contributed by atoms with van der Waals surface area (Å²) >= 11 is 0. The first kappa shape index (κ1) is 19.9. The average Bonchev–Trinajstić information content (AvgIpc) is 2.74. The minimum absolute atomic E-state index is 0.205. The predicted molar refractivity (Wildman–Crippen MR) is 106 cm³/mol. The Bertz CT molecular complexity index is 857. The van der Waals surface area contributed by atoms with Gasteiger partial charge in [0, 0.05) is 23.2 Å².